The lowest BCUT2D eigenvalue weighted by Gasteiger charge is -2.15. The number of amides is 1. The van der Waals surface area contributed by atoms with Crippen LogP contribution in [0.4, 0.5) is 8.78 Å². The number of aliphatic imine (C=N–C) groups is 1. The summed E-state index contributed by atoms with van der Waals surface area (Å²) in [5.74, 6) is -0.571. The molecule has 8 heteroatoms. The SMILES string of the molecule is CC(C)c1nc(CCCO)n(CC2=CCC(=O)N=C2)c1Sc1cc(F)cc(F)c1. The van der Waals surface area contributed by atoms with Gasteiger partial charge in [-0.2, -0.15) is 0 Å². The van der Waals surface area contributed by atoms with Crippen LogP contribution < -0.4 is 0 Å². The van der Waals surface area contributed by atoms with E-state index in [2.05, 4.69) is 4.99 Å². The number of rotatable bonds is 8. The van der Waals surface area contributed by atoms with Crippen molar-refractivity contribution in [1.29, 1.82) is 0 Å². The Hall–Kier alpha value is -2.32. The summed E-state index contributed by atoms with van der Waals surface area (Å²) < 4.78 is 29.4. The standard InChI is InChI=1S/C21H23F2N3O2S/c1-13(2)20-21(29-17-9-15(22)8-16(23)10-17)26(18(25-20)4-3-7-27)12-14-5-6-19(28)24-11-14/h5,8-11,13,27H,3-4,6-7,12H2,1-2H3. The van der Waals surface area contributed by atoms with Crippen LogP contribution in [0.5, 0.6) is 0 Å². The number of imidazole rings is 1. The van der Waals surface area contributed by atoms with Crippen molar-refractivity contribution in [1.82, 2.24) is 9.55 Å². The molecule has 0 saturated carbocycles. The van der Waals surface area contributed by atoms with E-state index >= 15 is 0 Å². The van der Waals surface area contributed by atoms with Crippen molar-refractivity contribution in [2.75, 3.05) is 6.61 Å². The molecule has 0 spiro atoms. The first-order valence-corrected chi connectivity index (χ1v) is 10.3. The Morgan fingerprint density at radius 2 is 1.97 bits per heavy atom. The van der Waals surface area contributed by atoms with Gasteiger partial charge in [0.25, 0.3) is 0 Å². The van der Waals surface area contributed by atoms with E-state index in [1.165, 1.54) is 23.9 Å². The van der Waals surface area contributed by atoms with Gasteiger partial charge < -0.3 is 9.67 Å². The highest BCUT2D eigenvalue weighted by Gasteiger charge is 2.22. The molecule has 3 rings (SSSR count). The van der Waals surface area contributed by atoms with Gasteiger partial charge >= 0.3 is 0 Å². The largest absolute Gasteiger partial charge is 0.396 e. The van der Waals surface area contributed by atoms with Crippen LogP contribution in [0.2, 0.25) is 0 Å². The van der Waals surface area contributed by atoms with E-state index in [0.29, 0.717) is 24.3 Å². The van der Waals surface area contributed by atoms with E-state index < -0.39 is 11.6 Å². The Morgan fingerprint density at radius 1 is 1.24 bits per heavy atom. The van der Waals surface area contributed by atoms with Gasteiger partial charge in [-0.15, -0.1) is 0 Å². The zero-order valence-electron chi connectivity index (χ0n) is 16.4. The van der Waals surface area contributed by atoms with Crippen LogP contribution in [-0.4, -0.2) is 33.4 Å². The lowest BCUT2D eigenvalue weighted by Crippen LogP contribution is -2.11. The third-order valence-corrected chi connectivity index (χ3v) is 5.53. The van der Waals surface area contributed by atoms with E-state index in [9.17, 15) is 18.7 Å². The second-order valence-corrected chi connectivity index (χ2v) is 8.19. The molecule has 1 aliphatic heterocycles. The number of aliphatic hydroxyl groups is 1. The summed E-state index contributed by atoms with van der Waals surface area (Å²) in [5.41, 5.74) is 1.70. The molecular formula is C21H23F2N3O2S. The average molecular weight is 419 g/mol. The smallest absolute Gasteiger partial charge is 0.249 e. The number of allylic oxidation sites excluding steroid dienone is 1. The highest BCUT2D eigenvalue weighted by atomic mass is 32.2. The van der Waals surface area contributed by atoms with E-state index in [1.54, 1.807) is 6.21 Å². The maximum atomic E-state index is 13.7. The number of halogens is 2. The zero-order valence-corrected chi connectivity index (χ0v) is 17.2. The van der Waals surface area contributed by atoms with Crippen LogP contribution in [-0.2, 0) is 17.8 Å². The Balaban J connectivity index is 2.04. The third-order valence-electron chi connectivity index (χ3n) is 4.44. The van der Waals surface area contributed by atoms with Crippen LogP contribution in [0.1, 0.15) is 44.1 Å². The summed E-state index contributed by atoms with van der Waals surface area (Å²) in [5, 5.41) is 10.1. The third kappa shape index (κ3) is 5.39. The molecule has 0 atom stereocenters. The Labute approximate surface area is 172 Å². The summed E-state index contributed by atoms with van der Waals surface area (Å²) >= 11 is 1.26. The normalized spacial score (nSPS) is 14.0. The van der Waals surface area contributed by atoms with Gasteiger partial charge in [-0.05, 0) is 30.0 Å². The highest BCUT2D eigenvalue weighted by Crippen LogP contribution is 2.36. The van der Waals surface area contributed by atoms with Crippen LogP contribution in [0.15, 0.2) is 44.8 Å². The molecule has 5 nitrogen and oxygen atoms in total. The molecule has 1 N–H and O–H groups in total. The maximum absolute atomic E-state index is 13.7. The van der Waals surface area contributed by atoms with Crippen molar-refractivity contribution in [3.05, 3.63) is 53.0 Å². The molecule has 29 heavy (non-hydrogen) atoms. The summed E-state index contributed by atoms with van der Waals surface area (Å²) in [6.07, 6.45) is 4.75. The lowest BCUT2D eigenvalue weighted by atomic mass is 10.1. The van der Waals surface area contributed by atoms with Crippen LogP contribution in [0.3, 0.4) is 0 Å². The summed E-state index contributed by atoms with van der Waals surface area (Å²) in [6.45, 7) is 4.51. The van der Waals surface area contributed by atoms with Gasteiger partial charge in [-0.1, -0.05) is 31.7 Å². The molecule has 0 saturated heterocycles. The first-order chi connectivity index (χ1) is 13.9. The molecule has 0 unspecified atom stereocenters. The summed E-state index contributed by atoms with van der Waals surface area (Å²) in [4.78, 5) is 20.5. The number of nitrogens with zero attached hydrogens (tertiary/aromatic N) is 3. The minimum atomic E-state index is -0.634. The van der Waals surface area contributed by atoms with Gasteiger partial charge in [0.15, 0.2) is 0 Å². The van der Waals surface area contributed by atoms with Crippen molar-refractivity contribution in [2.45, 2.75) is 55.5 Å². The Bertz CT molecular complexity index is 947. The maximum Gasteiger partial charge on any atom is 0.249 e. The highest BCUT2D eigenvalue weighted by molar-refractivity contribution is 7.99. The lowest BCUT2D eigenvalue weighted by molar-refractivity contribution is -0.117. The molecule has 1 aromatic heterocycles. The zero-order chi connectivity index (χ0) is 21.0. The van der Waals surface area contributed by atoms with Gasteiger partial charge in [0.1, 0.15) is 22.5 Å². The van der Waals surface area contributed by atoms with Crippen LogP contribution in [0, 0.1) is 11.6 Å². The van der Waals surface area contributed by atoms with Crippen molar-refractivity contribution < 1.29 is 18.7 Å². The van der Waals surface area contributed by atoms with Gasteiger partial charge in [-0.25, -0.2) is 18.8 Å². The van der Waals surface area contributed by atoms with Crippen LogP contribution >= 0.6 is 11.8 Å². The second kappa shape index (κ2) is 9.45. The Morgan fingerprint density at radius 3 is 2.55 bits per heavy atom. The monoisotopic (exact) mass is 419 g/mol. The van der Waals surface area contributed by atoms with Gasteiger partial charge in [0, 0.05) is 36.6 Å². The number of hydrogen-bond donors (Lipinski definition) is 1. The number of hydrogen-bond acceptors (Lipinski definition) is 4. The minimum absolute atomic E-state index is 0.0418. The first-order valence-electron chi connectivity index (χ1n) is 9.47. The second-order valence-electron chi connectivity index (χ2n) is 7.13. The fourth-order valence-corrected chi connectivity index (χ4v) is 4.28. The summed E-state index contributed by atoms with van der Waals surface area (Å²) in [7, 11) is 0. The molecule has 2 heterocycles. The number of carbonyl (C=O) groups is 1. The van der Waals surface area contributed by atoms with Crippen molar-refractivity contribution in [3.63, 3.8) is 0 Å². The predicted octanol–water partition coefficient (Wildman–Crippen LogP) is 4.29. The predicted molar refractivity (Wildman–Crippen MR) is 108 cm³/mol. The summed E-state index contributed by atoms with van der Waals surface area (Å²) in [6, 6.07) is 3.43. The van der Waals surface area contributed by atoms with Crippen molar-refractivity contribution in [3.8, 4) is 0 Å². The first kappa shape index (κ1) is 21.4. The fourth-order valence-electron chi connectivity index (χ4n) is 3.04. The number of aryl methyl sites for hydroxylation is 1. The molecule has 1 aliphatic rings. The fraction of sp³-hybridized carbons (Fsp3) is 0.381. The van der Waals surface area contributed by atoms with Gasteiger partial charge in [-0.3, -0.25) is 4.79 Å². The Kier molecular flexibility index (Phi) is 6.97. The molecule has 0 aliphatic carbocycles. The van der Waals surface area contributed by atoms with E-state index in [0.717, 1.165) is 28.2 Å². The van der Waals surface area contributed by atoms with Gasteiger partial charge in [0.05, 0.1) is 12.2 Å². The average Bonchev–Trinajstić information content (AvgIpc) is 2.98. The van der Waals surface area contributed by atoms with Crippen molar-refractivity contribution in [2.24, 2.45) is 4.99 Å². The van der Waals surface area contributed by atoms with E-state index in [-0.39, 0.29) is 24.9 Å². The molecular weight excluding hydrogens is 396 g/mol. The van der Waals surface area contributed by atoms with Crippen molar-refractivity contribution >= 4 is 23.9 Å². The van der Waals surface area contributed by atoms with Crippen LogP contribution in [0.25, 0.3) is 0 Å². The molecule has 2 aromatic rings. The number of carbonyl (C=O) groups excluding carboxylic acids is 1. The van der Waals surface area contributed by atoms with Gasteiger partial charge in [0.2, 0.25) is 5.91 Å². The van der Waals surface area contributed by atoms with E-state index in [1.807, 2.05) is 24.5 Å². The van der Waals surface area contributed by atoms with E-state index in [4.69, 9.17) is 4.98 Å². The number of aliphatic hydroxyl groups excluding tert-OH is 1. The number of aromatic nitrogens is 2. The molecule has 0 fully saturated rings. The topological polar surface area (TPSA) is 67.5 Å². The molecule has 0 radical (unpaired) electrons. The number of dihydropyridines is 1. The molecule has 154 valence electrons. The molecule has 1 amide bonds. The number of benzene rings is 1. The molecule has 0 bridgehead atoms. The molecule has 1 aromatic carbocycles. The minimum Gasteiger partial charge on any atom is -0.396 e. The quantitative estimate of drug-likeness (QED) is 0.693.